The van der Waals surface area contributed by atoms with Crippen LogP contribution in [0.1, 0.15) is 11.4 Å². The van der Waals surface area contributed by atoms with Crippen molar-refractivity contribution in [1.29, 1.82) is 0 Å². The van der Waals surface area contributed by atoms with Gasteiger partial charge >= 0.3 is 6.18 Å². The van der Waals surface area contributed by atoms with E-state index >= 15 is 0 Å². The van der Waals surface area contributed by atoms with E-state index in [2.05, 4.69) is 4.98 Å². The number of hydrogen-bond acceptors (Lipinski definition) is 2. The van der Waals surface area contributed by atoms with E-state index in [0.29, 0.717) is 6.20 Å². The molecule has 0 saturated carbocycles. The average molecular weight is 323 g/mol. The first-order valence-electron chi connectivity index (χ1n) is 5.33. The second-order valence-corrected chi connectivity index (χ2v) is 4.72. The zero-order valence-corrected chi connectivity index (χ0v) is 11.5. The summed E-state index contributed by atoms with van der Waals surface area (Å²) < 4.78 is 39.0. The molecule has 0 spiro atoms. The van der Waals surface area contributed by atoms with Gasteiger partial charge in [-0.15, -0.1) is 0 Å². The van der Waals surface area contributed by atoms with Crippen LogP contribution in [0, 0.1) is 6.92 Å². The molecule has 106 valence electrons. The number of aryl methyl sites for hydroxylation is 1. The molecule has 1 aromatic heterocycles. The lowest BCUT2D eigenvalue weighted by Crippen LogP contribution is -2.30. The van der Waals surface area contributed by atoms with E-state index < -0.39 is 17.3 Å². The minimum atomic E-state index is -4.79. The molecule has 8 heteroatoms. The number of halogens is 5. The summed E-state index contributed by atoms with van der Waals surface area (Å²) in [7, 11) is 0. The fraction of sp³-hybridized carbons (Fsp3) is 0.167. The van der Waals surface area contributed by atoms with Gasteiger partial charge in [-0.3, -0.25) is 9.36 Å². The number of benzene rings is 1. The van der Waals surface area contributed by atoms with E-state index in [1.807, 2.05) is 0 Å². The zero-order valence-electron chi connectivity index (χ0n) is 10.0. The van der Waals surface area contributed by atoms with Gasteiger partial charge in [-0.1, -0.05) is 29.3 Å². The number of aromatic nitrogens is 2. The minimum absolute atomic E-state index is 0.0134. The third-order valence-corrected chi connectivity index (χ3v) is 3.42. The van der Waals surface area contributed by atoms with Crippen molar-refractivity contribution in [1.82, 2.24) is 9.55 Å². The smallest absolute Gasteiger partial charge is 0.268 e. The monoisotopic (exact) mass is 322 g/mol. The number of alkyl halides is 3. The van der Waals surface area contributed by atoms with E-state index in [1.54, 1.807) is 0 Å². The molecule has 1 aromatic carbocycles. The van der Waals surface area contributed by atoms with Crippen LogP contribution in [-0.2, 0) is 6.18 Å². The van der Waals surface area contributed by atoms with Crippen LogP contribution >= 0.6 is 23.2 Å². The maximum absolute atomic E-state index is 12.7. The van der Waals surface area contributed by atoms with Crippen LogP contribution in [0.25, 0.3) is 5.69 Å². The van der Waals surface area contributed by atoms with Gasteiger partial charge in [0.15, 0.2) is 0 Å². The van der Waals surface area contributed by atoms with Crippen LogP contribution in [0.15, 0.2) is 29.2 Å². The minimum Gasteiger partial charge on any atom is -0.268 e. The molecule has 0 bridgehead atoms. The van der Waals surface area contributed by atoms with Crippen molar-refractivity contribution < 1.29 is 13.2 Å². The van der Waals surface area contributed by atoms with Gasteiger partial charge in [0.05, 0.1) is 15.7 Å². The first-order chi connectivity index (χ1) is 9.23. The van der Waals surface area contributed by atoms with Crippen LogP contribution in [0.3, 0.4) is 0 Å². The molecular weight excluding hydrogens is 316 g/mol. The molecule has 0 radical (unpaired) electrons. The topological polar surface area (TPSA) is 34.9 Å². The van der Waals surface area contributed by atoms with Crippen molar-refractivity contribution in [3.63, 3.8) is 0 Å². The Morgan fingerprint density at radius 1 is 1.25 bits per heavy atom. The third-order valence-electron chi connectivity index (χ3n) is 2.62. The van der Waals surface area contributed by atoms with Gasteiger partial charge in [-0.2, -0.15) is 13.2 Å². The summed E-state index contributed by atoms with van der Waals surface area (Å²) in [4.78, 5) is 15.6. The lowest BCUT2D eigenvalue weighted by molar-refractivity contribution is -0.139. The molecule has 0 amide bonds. The molecular formula is C12H7Cl2F3N2O. The Kier molecular flexibility index (Phi) is 3.80. The van der Waals surface area contributed by atoms with Crippen LogP contribution in [-0.4, -0.2) is 9.55 Å². The maximum atomic E-state index is 12.7. The average Bonchev–Trinajstić information content (AvgIpc) is 2.32. The highest BCUT2D eigenvalue weighted by Gasteiger charge is 2.35. The molecule has 0 unspecified atom stereocenters. The van der Waals surface area contributed by atoms with Gasteiger partial charge in [0.1, 0.15) is 11.4 Å². The van der Waals surface area contributed by atoms with E-state index in [1.165, 1.54) is 25.1 Å². The molecule has 2 aromatic rings. The molecule has 20 heavy (non-hydrogen) atoms. The highest BCUT2D eigenvalue weighted by atomic mass is 35.5. The van der Waals surface area contributed by atoms with E-state index in [-0.39, 0.29) is 21.6 Å². The van der Waals surface area contributed by atoms with Crippen LogP contribution in [0.2, 0.25) is 10.0 Å². The van der Waals surface area contributed by atoms with Gasteiger partial charge in [0.2, 0.25) is 0 Å². The Bertz CT molecular complexity index is 726. The first kappa shape index (κ1) is 14.9. The van der Waals surface area contributed by atoms with Gasteiger partial charge < -0.3 is 0 Å². The third kappa shape index (κ3) is 2.53. The van der Waals surface area contributed by atoms with Crippen molar-refractivity contribution in [3.05, 3.63) is 56.2 Å². The quantitative estimate of drug-likeness (QED) is 0.799. The molecule has 0 aliphatic carbocycles. The normalized spacial score (nSPS) is 11.7. The van der Waals surface area contributed by atoms with Gasteiger partial charge in [-0.25, -0.2) is 4.98 Å². The van der Waals surface area contributed by atoms with Crippen molar-refractivity contribution in [2.24, 2.45) is 0 Å². The standard InChI is InChI=1S/C12H7Cl2F3N2O/c1-6-18-5-7(12(15,16)17)11(20)19(6)9-4-2-3-8(13)10(9)14/h2-5H,1H3. The van der Waals surface area contributed by atoms with Crippen LogP contribution < -0.4 is 5.56 Å². The van der Waals surface area contributed by atoms with Gasteiger partial charge in [0.25, 0.3) is 5.56 Å². The molecule has 0 atom stereocenters. The largest absolute Gasteiger partial charge is 0.423 e. The lowest BCUT2D eigenvalue weighted by atomic mass is 10.2. The molecule has 0 aliphatic heterocycles. The Labute approximate surface area is 121 Å². The van der Waals surface area contributed by atoms with Crippen LogP contribution in [0.5, 0.6) is 0 Å². The van der Waals surface area contributed by atoms with Crippen LogP contribution in [0.4, 0.5) is 13.2 Å². The first-order valence-corrected chi connectivity index (χ1v) is 6.09. The Balaban J connectivity index is 2.81. The number of hydrogen-bond donors (Lipinski definition) is 0. The molecule has 2 rings (SSSR count). The fourth-order valence-electron chi connectivity index (χ4n) is 1.68. The lowest BCUT2D eigenvalue weighted by Gasteiger charge is -2.14. The Morgan fingerprint density at radius 2 is 1.90 bits per heavy atom. The summed E-state index contributed by atoms with van der Waals surface area (Å²) in [5.74, 6) is 0.0761. The summed E-state index contributed by atoms with van der Waals surface area (Å²) >= 11 is 11.7. The maximum Gasteiger partial charge on any atom is 0.423 e. The summed E-state index contributed by atoms with van der Waals surface area (Å²) in [5.41, 5.74) is -2.55. The summed E-state index contributed by atoms with van der Waals surface area (Å²) in [6.45, 7) is 1.40. The SMILES string of the molecule is Cc1ncc(C(F)(F)F)c(=O)n1-c1cccc(Cl)c1Cl. The van der Waals surface area contributed by atoms with E-state index in [0.717, 1.165) is 4.57 Å². The van der Waals surface area contributed by atoms with Crippen molar-refractivity contribution in [2.45, 2.75) is 13.1 Å². The number of rotatable bonds is 1. The second kappa shape index (κ2) is 5.10. The highest BCUT2D eigenvalue weighted by molar-refractivity contribution is 6.43. The molecule has 0 fully saturated rings. The highest BCUT2D eigenvalue weighted by Crippen LogP contribution is 2.30. The molecule has 1 heterocycles. The molecule has 0 saturated heterocycles. The van der Waals surface area contributed by atoms with Crippen molar-refractivity contribution in [3.8, 4) is 5.69 Å². The van der Waals surface area contributed by atoms with Gasteiger partial charge in [0, 0.05) is 6.20 Å². The summed E-state index contributed by atoms with van der Waals surface area (Å²) in [6, 6.07) is 4.34. The van der Waals surface area contributed by atoms with Crippen molar-refractivity contribution >= 4 is 23.2 Å². The molecule has 0 N–H and O–H groups in total. The summed E-state index contributed by atoms with van der Waals surface area (Å²) in [6.07, 6.45) is -4.28. The second-order valence-electron chi connectivity index (χ2n) is 3.93. The zero-order chi connectivity index (χ0) is 15.1. The van der Waals surface area contributed by atoms with Gasteiger partial charge in [-0.05, 0) is 19.1 Å². The summed E-state index contributed by atoms with van der Waals surface area (Å²) in [5, 5.41) is 0.119. The predicted octanol–water partition coefficient (Wildman–Crippen LogP) is 3.87. The Hall–Kier alpha value is -1.53. The van der Waals surface area contributed by atoms with E-state index in [4.69, 9.17) is 23.2 Å². The van der Waals surface area contributed by atoms with Crippen molar-refractivity contribution in [2.75, 3.05) is 0 Å². The Morgan fingerprint density at radius 3 is 2.50 bits per heavy atom. The fourth-order valence-corrected chi connectivity index (χ4v) is 2.06. The van der Waals surface area contributed by atoms with E-state index in [9.17, 15) is 18.0 Å². The molecule has 0 aliphatic rings. The molecule has 3 nitrogen and oxygen atoms in total. The predicted molar refractivity (Wildman–Crippen MR) is 69.6 cm³/mol. The number of nitrogens with zero attached hydrogens (tertiary/aromatic N) is 2.